The lowest BCUT2D eigenvalue weighted by Gasteiger charge is -2.31. The monoisotopic (exact) mass is 289 g/mol. The van der Waals surface area contributed by atoms with Crippen LogP contribution in [0.5, 0.6) is 0 Å². The van der Waals surface area contributed by atoms with Crippen LogP contribution in [0.4, 0.5) is 4.79 Å². The molecule has 2 amide bonds. The first-order chi connectivity index (χ1) is 8.87. The zero-order chi connectivity index (χ0) is 14.0. The summed E-state index contributed by atoms with van der Waals surface area (Å²) in [5.41, 5.74) is 0. The zero-order valence-corrected chi connectivity index (χ0v) is 12.5. The van der Waals surface area contributed by atoms with E-state index in [-0.39, 0.29) is 17.5 Å². The molecule has 2 fully saturated rings. The van der Waals surface area contributed by atoms with Crippen LogP contribution in [0, 0.1) is 5.92 Å². The lowest BCUT2D eigenvalue weighted by Crippen LogP contribution is -2.49. The van der Waals surface area contributed by atoms with E-state index in [4.69, 9.17) is 0 Å². The minimum Gasteiger partial charge on any atom is -0.324 e. The van der Waals surface area contributed by atoms with E-state index >= 15 is 0 Å². The molecule has 0 N–H and O–H groups in total. The molecular weight excluding hydrogens is 266 g/mol. The topological polar surface area (TPSA) is 60.9 Å². The van der Waals surface area contributed by atoms with Crippen molar-refractivity contribution < 1.29 is 13.2 Å². The van der Waals surface area contributed by atoms with Crippen molar-refractivity contribution in [2.24, 2.45) is 5.92 Å². The Balaban J connectivity index is 1.85. The fourth-order valence-electron chi connectivity index (χ4n) is 2.78. The summed E-state index contributed by atoms with van der Waals surface area (Å²) in [5, 5.41) is 0. The van der Waals surface area contributed by atoms with Gasteiger partial charge in [-0.1, -0.05) is 0 Å². The minimum atomic E-state index is -2.92. The summed E-state index contributed by atoms with van der Waals surface area (Å²) < 4.78 is 22.7. The SMILES string of the molecule is CN(C)CC1CCN(C(=O)N2CCS(=O)(=O)CC2)C1. The second-order valence-electron chi connectivity index (χ2n) is 5.78. The van der Waals surface area contributed by atoms with Crippen LogP contribution in [0.25, 0.3) is 0 Å². The molecule has 2 aliphatic heterocycles. The van der Waals surface area contributed by atoms with Crippen molar-refractivity contribution in [1.82, 2.24) is 14.7 Å². The Kier molecular flexibility index (Phi) is 4.35. The molecule has 6 nitrogen and oxygen atoms in total. The highest BCUT2D eigenvalue weighted by Crippen LogP contribution is 2.19. The second-order valence-corrected chi connectivity index (χ2v) is 8.09. The van der Waals surface area contributed by atoms with Crippen molar-refractivity contribution in [3.8, 4) is 0 Å². The number of rotatable bonds is 2. The first kappa shape index (κ1) is 14.6. The molecule has 0 spiro atoms. The second kappa shape index (κ2) is 5.66. The van der Waals surface area contributed by atoms with Gasteiger partial charge in [-0.2, -0.15) is 0 Å². The summed E-state index contributed by atoms with van der Waals surface area (Å²) in [6, 6.07) is 0.0103. The van der Waals surface area contributed by atoms with Crippen molar-refractivity contribution in [2.45, 2.75) is 6.42 Å². The van der Waals surface area contributed by atoms with Gasteiger partial charge in [-0.15, -0.1) is 0 Å². The standard InChI is InChI=1S/C12H23N3O3S/c1-13(2)9-11-3-4-15(10-11)12(16)14-5-7-19(17,18)8-6-14/h11H,3-10H2,1-2H3. The first-order valence-electron chi connectivity index (χ1n) is 6.76. The van der Waals surface area contributed by atoms with Gasteiger partial charge >= 0.3 is 6.03 Å². The molecule has 0 aromatic heterocycles. The minimum absolute atomic E-state index is 0.0103. The van der Waals surface area contributed by atoms with E-state index in [0.717, 1.165) is 26.1 Å². The van der Waals surface area contributed by atoms with E-state index in [2.05, 4.69) is 4.90 Å². The predicted molar refractivity (Wildman–Crippen MR) is 73.9 cm³/mol. The maximum absolute atomic E-state index is 12.3. The molecule has 0 aromatic rings. The van der Waals surface area contributed by atoms with Crippen LogP contribution in [0.3, 0.4) is 0 Å². The fourth-order valence-corrected chi connectivity index (χ4v) is 3.98. The molecule has 1 atom stereocenters. The molecule has 0 aliphatic carbocycles. The van der Waals surface area contributed by atoms with Gasteiger partial charge in [-0.05, 0) is 26.4 Å². The van der Waals surface area contributed by atoms with Crippen LogP contribution in [0.1, 0.15) is 6.42 Å². The van der Waals surface area contributed by atoms with Crippen molar-refractivity contribution in [1.29, 1.82) is 0 Å². The molecule has 0 aromatic carbocycles. The molecule has 7 heteroatoms. The number of hydrogen-bond acceptors (Lipinski definition) is 4. The Hall–Kier alpha value is -0.820. The Morgan fingerprint density at radius 2 is 1.79 bits per heavy atom. The number of hydrogen-bond donors (Lipinski definition) is 0. The number of carbonyl (C=O) groups excluding carboxylic acids is 1. The van der Waals surface area contributed by atoms with E-state index in [0.29, 0.717) is 19.0 Å². The molecule has 0 bridgehead atoms. The molecule has 0 radical (unpaired) electrons. The summed E-state index contributed by atoms with van der Waals surface area (Å²) in [6.07, 6.45) is 1.04. The quantitative estimate of drug-likeness (QED) is 0.701. The summed E-state index contributed by atoms with van der Waals surface area (Å²) in [6.45, 7) is 3.27. The fraction of sp³-hybridized carbons (Fsp3) is 0.917. The van der Waals surface area contributed by atoms with Crippen molar-refractivity contribution >= 4 is 15.9 Å². The predicted octanol–water partition coefficient (Wildman–Crippen LogP) is -0.280. The zero-order valence-electron chi connectivity index (χ0n) is 11.7. The highest BCUT2D eigenvalue weighted by Gasteiger charge is 2.32. The first-order valence-corrected chi connectivity index (χ1v) is 8.58. The third-order valence-electron chi connectivity index (χ3n) is 3.79. The maximum Gasteiger partial charge on any atom is 0.320 e. The summed E-state index contributed by atoms with van der Waals surface area (Å²) >= 11 is 0. The van der Waals surface area contributed by atoms with Crippen LogP contribution in [0.15, 0.2) is 0 Å². The summed E-state index contributed by atoms with van der Waals surface area (Å²) in [7, 11) is 1.16. The van der Waals surface area contributed by atoms with Crippen LogP contribution >= 0.6 is 0 Å². The van der Waals surface area contributed by atoms with Crippen LogP contribution in [-0.4, -0.2) is 87.5 Å². The van der Waals surface area contributed by atoms with Gasteiger partial charge in [0, 0.05) is 32.7 Å². The average Bonchev–Trinajstić information content (AvgIpc) is 2.75. The van der Waals surface area contributed by atoms with Gasteiger partial charge in [0.15, 0.2) is 9.84 Å². The van der Waals surface area contributed by atoms with Gasteiger partial charge in [0.05, 0.1) is 11.5 Å². The van der Waals surface area contributed by atoms with E-state index in [1.807, 2.05) is 19.0 Å². The van der Waals surface area contributed by atoms with Crippen LogP contribution < -0.4 is 0 Å². The molecule has 2 heterocycles. The van der Waals surface area contributed by atoms with Crippen LogP contribution in [0.2, 0.25) is 0 Å². The molecule has 19 heavy (non-hydrogen) atoms. The van der Waals surface area contributed by atoms with Crippen molar-refractivity contribution in [3.63, 3.8) is 0 Å². The van der Waals surface area contributed by atoms with Gasteiger partial charge in [-0.25, -0.2) is 13.2 Å². The molecule has 2 aliphatic rings. The van der Waals surface area contributed by atoms with E-state index in [1.54, 1.807) is 4.90 Å². The maximum atomic E-state index is 12.3. The normalized spacial score (nSPS) is 27.0. The third kappa shape index (κ3) is 3.82. The van der Waals surface area contributed by atoms with E-state index < -0.39 is 9.84 Å². The van der Waals surface area contributed by atoms with Gasteiger partial charge in [-0.3, -0.25) is 0 Å². The molecule has 2 rings (SSSR count). The van der Waals surface area contributed by atoms with Gasteiger partial charge in [0.1, 0.15) is 0 Å². The Morgan fingerprint density at radius 3 is 2.37 bits per heavy atom. The highest BCUT2D eigenvalue weighted by molar-refractivity contribution is 7.91. The summed E-state index contributed by atoms with van der Waals surface area (Å²) in [5.74, 6) is 0.744. The van der Waals surface area contributed by atoms with E-state index in [1.165, 1.54) is 0 Å². The number of likely N-dealkylation sites (tertiary alicyclic amines) is 1. The number of nitrogens with zero attached hydrogens (tertiary/aromatic N) is 3. The van der Waals surface area contributed by atoms with E-state index in [9.17, 15) is 13.2 Å². The Labute approximate surface area is 115 Å². The van der Waals surface area contributed by atoms with Gasteiger partial charge < -0.3 is 14.7 Å². The van der Waals surface area contributed by atoms with Crippen LogP contribution in [-0.2, 0) is 9.84 Å². The summed E-state index contributed by atoms with van der Waals surface area (Å²) in [4.78, 5) is 18.0. The van der Waals surface area contributed by atoms with Crippen molar-refractivity contribution in [3.05, 3.63) is 0 Å². The smallest absolute Gasteiger partial charge is 0.320 e. The lowest BCUT2D eigenvalue weighted by molar-refractivity contribution is 0.164. The highest BCUT2D eigenvalue weighted by atomic mass is 32.2. The molecular formula is C12H23N3O3S. The lowest BCUT2D eigenvalue weighted by atomic mass is 10.1. The average molecular weight is 289 g/mol. The largest absolute Gasteiger partial charge is 0.324 e. The Bertz CT molecular complexity index is 422. The number of urea groups is 1. The molecule has 1 unspecified atom stereocenters. The third-order valence-corrected chi connectivity index (χ3v) is 5.40. The number of sulfone groups is 1. The Morgan fingerprint density at radius 1 is 1.16 bits per heavy atom. The van der Waals surface area contributed by atoms with Gasteiger partial charge in [0.25, 0.3) is 0 Å². The molecule has 0 saturated carbocycles. The number of carbonyl (C=O) groups is 1. The van der Waals surface area contributed by atoms with Crippen molar-refractivity contribution in [2.75, 3.05) is 58.3 Å². The molecule has 110 valence electrons. The number of amides is 2. The van der Waals surface area contributed by atoms with Gasteiger partial charge in [0.2, 0.25) is 0 Å². The molecule has 2 saturated heterocycles.